The molecule has 1 aromatic heterocycles. The van der Waals surface area contributed by atoms with Crippen molar-refractivity contribution in [3.05, 3.63) is 39.3 Å². The van der Waals surface area contributed by atoms with E-state index >= 15 is 0 Å². The SMILES string of the molecule is CCCCNC(=O)[C@H](C)n1c(=O)c(C(F)(F)F)nc2cc(C)c(C)cc21. The van der Waals surface area contributed by atoms with Crippen molar-refractivity contribution in [1.29, 1.82) is 0 Å². The Bertz CT molecular complexity index is 888. The number of fused-ring (bicyclic) bond motifs is 1. The molecule has 0 saturated heterocycles. The number of unbranched alkanes of at least 4 members (excludes halogenated alkanes) is 1. The maximum atomic E-state index is 13.3. The Morgan fingerprint density at radius 1 is 1.27 bits per heavy atom. The first kappa shape index (κ1) is 19.9. The molecule has 8 heteroatoms. The van der Waals surface area contributed by atoms with E-state index in [4.69, 9.17) is 0 Å². The van der Waals surface area contributed by atoms with Crippen LogP contribution in [0, 0.1) is 13.8 Å². The fourth-order valence-corrected chi connectivity index (χ4v) is 2.68. The Hall–Kier alpha value is -2.38. The minimum absolute atomic E-state index is 0.0354. The Morgan fingerprint density at radius 3 is 2.46 bits per heavy atom. The summed E-state index contributed by atoms with van der Waals surface area (Å²) in [6, 6.07) is 2.00. The molecule has 0 bridgehead atoms. The molecule has 2 rings (SSSR count). The van der Waals surface area contributed by atoms with Crippen LogP contribution in [0.15, 0.2) is 16.9 Å². The highest BCUT2D eigenvalue weighted by atomic mass is 19.4. The van der Waals surface area contributed by atoms with Crippen LogP contribution in [0.25, 0.3) is 11.0 Å². The molecule has 0 aliphatic heterocycles. The number of alkyl halides is 3. The first-order chi connectivity index (χ1) is 12.1. The number of amides is 1. The minimum atomic E-state index is -4.90. The predicted molar refractivity (Wildman–Crippen MR) is 93.1 cm³/mol. The molecule has 1 heterocycles. The molecular weight excluding hydrogens is 347 g/mol. The van der Waals surface area contributed by atoms with E-state index < -0.39 is 29.4 Å². The van der Waals surface area contributed by atoms with Gasteiger partial charge in [0, 0.05) is 6.54 Å². The smallest absolute Gasteiger partial charge is 0.354 e. The van der Waals surface area contributed by atoms with Gasteiger partial charge in [-0.25, -0.2) is 4.98 Å². The zero-order valence-electron chi connectivity index (χ0n) is 15.2. The summed E-state index contributed by atoms with van der Waals surface area (Å²) in [5.74, 6) is -0.501. The van der Waals surface area contributed by atoms with E-state index in [0.29, 0.717) is 6.54 Å². The maximum Gasteiger partial charge on any atom is 0.438 e. The Morgan fingerprint density at radius 2 is 1.88 bits per heavy atom. The van der Waals surface area contributed by atoms with Crippen molar-refractivity contribution in [1.82, 2.24) is 14.9 Å². The van der Waals surface area contributed by atoms with Crippen LogP contribution in [0.2, 0.25) is 0 Å². The van der Waals surface area contributed by atoms with Crippen LogP contribution in [0.5, 0.6) is 0 Å². The van der Waals surface area contributed by atoms with Gasteiger partial charge in [0.05, 0.1) is 11.0 Å². The number of aromatic nitrogens is 2. The van der Waals surface area contributed by atoms with E-state index in [1.807, 2.05) is 6.92 Å². The molecule has 26 heavy (non-hydrogen) atoms. The molecule has 0 aliphatic rings. The van der Waals surface area contributed by atoms with Crippen LogP contribution in [0.4, 0.5) is 13.2 Å². The van der Waals surface area contributed by atoms with Crippen LogP contribution in [-0.4, -0.2) is 22.0 Å². The number of hydrogen-bond donors (Lipinski definition) is 1. The standard InChI is InChI=1S/C18H22F3N3O2/c1-5-6-7-22-16(25)12(4)24-14-9-11(3)10(2)8-13(14)23-15(17(24)26)18(19,20)21/h8-9,12H,5-7H2,1-4H3,(H,22,25)/t12-/m0/s1. The number of nitrogens with zero attached hydrogens (tertiary/aromatic N) is 2. The normalized spacial score (nSPS) is 13.0. The number of rotatable bonds is 5. The first-order valence-corrected chi connectivity index (χ1v) is 8.46. The number of nitrogens with one attached hydrogen (secondary N) is 1. The molecule has 0 radical (unpaired) electrons. The van der Waals surface area contributed by atoms with Crippen LogP contribution >= 0.6 is 0 Å². The van der Waals surface area contributed by atoms with Gasteiger partial charge in [-0.2, -0.15) is 13.2 Å². The summed E-state index contributed by atoms with van der Waals surface area (Å²) >= 11 is 0. The second-order valence-electron chi connectivity index (χ2n) is 6.38. The number of benzene rings is 1. The Labute approximate surface area is 149 Å². The van der Waals surface area contributed by atoms with Crippen LogP contribution in [-0.2, 0) is 11.0 Å². The topological polar surface area (TPSA) is 64.0 Å². The van der Waals surface area contributed by atoms with E-state index in [1.54, 1.807) is 19.9 Å². The highest BCUT2D eigenvalue weighted by Crippen LogP contribution is 2.28. The van der Waals surface area contributed by atoms with Gasteiger partial charge in [-0.3, -0.25) is 14.2 Å². The van der Waals surface area contributed by atoms with Crippen LogP contribution in [0.3, 0.4) is 0 Å². The molecule has 1 atom stereocenters. The molecule has 0 spiro atoms. The highest BCUT2D eigenvalue weighted by molar-refractivity contribution is 5.84. The van der Waals surface area contributed by atoms with Crippen molar-refractivity contribution < 1.29 is 18.0 Å². The summed E-state index contributed by atoms with van der Waals surface area (Å²) in [6.07, 6.45) is -3.29. The third-order valence-electron chi connectivity index (χ3n) is 4.37. The quantitative estimate of drug-likeness (QED) is 0.821. The van der Waals surface area contributed by atoms with Crippen molar-refractivity contribution in [2.24, 2.45) is 0 Å². The van der Waals surface area contributed by atoms with E-state index in [2.05, 4.69) is 10.3 Å². The van der Waals surface area contributed by atoms with Crippen molar-refractivity contribution in [2.75, 3.05) is 6.54 Å². The second-order valence-corrected chi connectivity index (χ2v) is 6.38. The lowest BCUT2D eigenvalue weighted by Gasteiger charge is -2.20. The summed E-state index contributed by atoms with van der Waals surface area (Å²) in [5.41, 5.74) is -1.03. The molecule has 2 aromatic rings. The second kappa shape index (κ2) is 7.47. The lowest BCUT2D eigenvalue weighted by molar-refractivity contribution is -0.142. The molecule has 0 saturated carbocycles. The van der Waals surface area contributed by atoms with Crippen molar-refractivity contribution in [3.8, 4) is 0 Å². The summed E-state index contributed by atoms with van der Waals surface area (Å²) in [4.78, 5) is 28.4. The van der Waals surface area contributed by atoms with Gasteiger partial charge in [0.15, 0.2) is 0 Å². The molecule has 1 amide bonds. The molecule has 1 aromatic carbocycles. The molecule has 0 aliphatic carbocycles. The molecular formula is C18H22F3N3O2. The third kappa shape index (κ3) is 3.89. The molecule has 1 N–H and O–H groups in total. The lowest BCUT2D eigenvalue weighted by atomic mass is 10.1. The minimum Gasteiger partial charge on any atom is -0.354 e. The fraction of sp³-hybridized carbons (Fsp3) is 0.500. The summed E-state index contributed by atoms with van der Waals surface area (Å²) in [6.45, 7) is 7.31. The van der Waals surface area contributed by atoms with E-state index in [0.717, 1.165) is 28.5 Å². The van der Waals surface area contributed by atoms with Gasteiger partial charge in [-0.05, 0) is 50.5 Å². The fourth-order valence-electron chi connectivity index (χ4n) is 2.68. The monoisotopic (exact) mass is 369 g/mol. The third-order valence-corrected chi connectivity index (χ3v) is 4.37. The number of hydrogen-bond acceptors (Lipinski definition) is 3. The number of carbonyl (C=O) groups is 1. The average molecular weight is 369 g/mol. The van der Waals surface area contributed by atoms with E-state index in [1.165, 1.54) is 13.0 Å². The summed E-state index contributed by atoms with van der Waals surface area (Å²) in [5, 5.41) is 2.66. The largest absolute Gasteiger partial charge is 0.438 e. The molecule has 5 nitrogen and oxygen atoms in total. The zero-order valence-corrected chi connectivity index (χ0v) is 15.2. The molecule has 142 valence electrons. The van der Waals surface area contributed by atoms with Gasteiger partial charge in [0.25, 0.3) is 5.56 Å². The van der Waals surface area contributed by atoms with Gasteiger partial charge in [0.1, 0.15) is 6.04 Å². The first-order valence-electron chi connectivity index (χ1n) is 8.46. The van der Waals surface area contributed by atoms with Gasteiger partial charge in [-0.15, -0.1) is 0 Å². The van der Waals surface area contributed by atoms with E-state index in [-0.39, 0.29) is 11.0 Å². The van der Waals surface area contributed by atoms with Gasteiger partial charge < -0.3 is 5.32 Å². The predicted octanol–water partition coefficient (Wildman–Crippen LogP) is 3.51. The van der Waals surface area contributed by atoms with Gasteiger partial charge in [-0.1, -0.05) is 13.3 Å². The lowest BCUT2D eigenvalue weighted by Crippen LogP contribution is -2.39. The van der Waals surface area contributed by atoms with Crippen LogP contribution < -0.4 is 10.9 Å². The van der Waals surface area contributed by atoms with E-state index in [9.17, 15) is 22.8 Å². The molecule has 0 unspecified atom stereocenters. The van der Waals surface area contributed by atoms with Gasteiger partial charge >= 0.3 is 6.18 Å². The molecule has 0 fully saturated rings. The van der Waals surface area contributed by atoms with Gasteiger partial charge in [0.2, 0.25) is 11.6 Å². The Kier molecular flexibility index (Phi) is 5.73. The Balaban J connectivity index is 2.69. The highest BCUT2D eigenvalue weighted by Gasteiger charge is 2.38. The van der Waals surface area contributed by atoms with Crippen molar-refractivity contribution in [3.63, 3.8) is 0 Å². The maximum absolute atomic E-state index is 13.3. The number of aryl methyl sites for hydroxylation is 2. The number of halogens is 3. The number of carbonyl (C=O) groups excluding carboxylic acids is 1. The van der Waals surface area contributed by atoms with Crippen molar-refractivity contribution in [2.45, 2.75) is 52.8 Å². The zero-order chi connectivity index (χ0) is 19.6. The summed E-state index contributed by atoms with van der Waals surface area (Å²) in [7, 11) is 0. The van der Waals surface area contributed by atoms with Crippen molar-refractivity contribution >= 4 is 16.9 Å². The summed E-state index contributed by atoms with van der Waals surface area (Å²) < 4.78 is 40.7. The average Bonchev–Trinajstić information content (AvgIpc) is 2.54. The van der Waals surface area contributed by atoms with Crippen LogP contribution in [0.1, 0.15) is 49.6 Å².